The summed E-state index contributed by atoms with van der Waals surface area (Å²) in [6, 6.07) is 13.6. The van der Waals surface area contributed by atoms with Gasteiger partial charge in [0.2, 0.25) is 10.0 Å². The number of hydrogen-bond acceptors (Lipinski definition) is 7. The van der Waals surface area contributed by atoms with Gasteiger partial charge in [-0.25, -0.2) is 13.4 Å². The zero-order chi connectivity index (χ0) is 22.9. The second-order valence-electron chi connectivity index (χ2n) is 7.55. The molecule has 3 aromatic rings. The second kappa shape index (κ2) is 8.89. The van der Waals surface area contributed by atoms with Crippen LogP contribution in [0.3, 0.4) is 0 Å². The third-order valence-corrected chi connectivity index (χ3v) is 8.12. The van der Waals surface area contributed by atoms with E-state index in [0.717, 1.165) is 16.3 Å². The van der Waals surface area contributed by atoms with E-state index in [1.165, 1.54) is 22.8 Å². The minimum absolute atomic E-state index is 0.223. The molecule has 1 amide bonds. The molecule has 1 aliphatic heterocycles. The van der Waals surface area contributed by atoms with E-state index in [1.807, 2.05) is 31.1 Å². The fourth-order valence-electron chi connectivity index (χ4n) is 3.41. The highest BCUT2D eigenvalue weighted by Crippen LogP contribution is 2.31. The minimum atomic E-state index is -3.63. The first-order valence-electron chi connectivity index (χ1n) is 9.99. The Morgan fingerprint density at radius 3 is 2.44 bits per heavy atom. The number of carbonyl (C=O) groups excluding carboxylic acids is 1. The van der Waals surface area contributed by atoms with Crippen molar-refractivity contribution < 1.29 is 17.9 Å². The van der Waals surface area contributed by atoms with Gasteiger partial charge < -0.3 is 9.64 Å². The van der Waals surface area contributed by atoms with Gasteiger partial charge in [0, 0.05) is 43.2 Å². The molecule has 0 radical (unpaired) electrons. The van der Waals surface area contributed by atoms with E-state index in [1.54, 1.807) is 36.4 Å². The Kier molecular flexibility index (Phi) is 6.18. The summed E-state index contributed by atoms with van der Waals surface area (Å²) in [5.41, 5.74) is 2.37. The van der Waals surface area contributed by atoms with Crippen LogP contribution in [0.5, 0.6) is 5.75 Å². The lowest BCUT2D eigenvalue weighted by atomic mass is 10.2. The summed E-state index contributed by atoms with van der Waals surface area (Å²) in [6.07, 6.45) is 0.495. The lowest BCUT2D eigenvalue weighted by Gasteiger charge is -2.25. The van der Waals surface area contributed by atoms with Gasteiger partial charge in [-0.2, -0.15) is 4.31 Å². The van der Waals surface area contributed by atoms with Crippen LogP contribution in [0.15, 0.2) is 53.4 Å². The molecule has 0 spiro atoms. The predicted molar refractivity (Wildman–Crippen MR) is 125 cm³/mol. The van der Waals surface area contributed by atoms with Gasteiger partial charge >= 0.3 is 0 Å². The molecule has 0 bridgehead atoms. The molecule has 1 N–H and O–H groups in total. The Morgan fingerprint density at radius 1 is 1.12 bits per heavy atom. The van der Waals surface area contributed by atoms with Gasteiger partial charge in [-0.15, -0.1) is 11.3 Å². The van der Waals surface area contributed by atoms with Crippen LogP contribution in [0.1, 0.15) is 20.9 Å². The first kappa shape index (κ1) is 22.3. The number of fused-ring (bicyclic) bond motifs is 1. The molecule has 1 aliphatic rings. The number of sulfonamides is 1. The maximum absolute atomic E-state index is 13.0. The van der Waals surface area contributed by atoms with Crippen LogP contribution in [0, 0.1) is 0 Å². The first-order valence-corrected chi connectivity index (χ1v) is 12.2. The molecule has 168 valence electrons. The third-order valence-electron chi connectivity index (χ3n) is 5.26. The smallest absolute Gasteiger partial charge is 0.257 e. The number of amides is 1. The highest BCUT2D eigenvalue weighted by molar-refractivity contribution is 7.89. The van der Waals surface area contributed by atoms with Crippen molar-refractivity contribution in [3.05, 3.63) is 64.7 Å². The Bertz CT molecular complexity index is 1220. The third kappa shape index (κ3) is 4.47. The summed E-state index contributed by atoms with van der Waals surface area (Å²) in [5, 5.41) is 3.31. The van der Waals surface area contributed by atoms with Crippen LogP contribution < -0.4 is 15.0 Å². The van der Waals surface area contributed by atoms with Gasteiger partial charge in [-0.1, -0.05) is 0 Å². The molecule has 0 saturated carbocycles. The molecule has 8 nitrogen and oxygen atoms in total. The number of carbonyl (C=O) groups is 1. The van der Waals surface area contributed by atoms with Crippen LogP contribution in [0.25, 0.3) is 0 Å². The molecule has 2 aromatic carbocycles. The fraction of sp³-hybridized carbons (Fsp3) is 0.273. The van der Waals surface area contributed by atoms with Gasteiger partial charge in [-0.3, -0.25) is 10.1 Å². The first-order chi connectivity index (χ1) is 15.3. The largest absolute Gasteiger partial charge is 0.497 e. The van der Waals surface area contributed by atoms with E-state index in [4.69, 9.17) is 4.74 Å². The van der Waals surface area contributed by atoms with Crippen molar-refractivity contribution >= 4 is 38.1 Å². The van der Waals surface area contributed by atoms with Crippen LogP contribution >= 0.6 is 11.3 Å². The average Bonchev–Trinajstić information content (AvgIpc) is 3.20. The van der Waals surface area contributed by atoms with Crippen molar-refractivity contribution in [3.63, 3.8) is 0 Å². The lowest BCUT2D eigenvalue weighted by molar-refractivity contribution is 0.102. The van der Waals surface area contributed by atoms with E-state index in [0.29, 0.717) is 29.4 Å². The number of aromatic nitrogens is 1. The molecule has 0 atom stereocenters. The topological polar surface area (TPSA) is 91.8 Å². The SMILES string of the molecule is COc1ccc(S(=O)(=O)N2CCc3nc(NC(=O)c4ccc(N(C)C)cc4)sc3C2)cc1. The molecule has 2 heterocycles. The highest BCUT2D eigenvalue weighted by atomic mass is 32.2. The molecule has 0 fully saturated rings. The predicted octanol–water partition coefficient (Wildman–Crippen LogP) is 3.22. The highest BCUT2D eigenvalue weighted by Gasteiger charge is 2.30. The monoisotopic (exact) mass is 472 g/mol. The van der Waals surface area contributed by atoms with Gasteiger partial charge in [-0.05, 0) is 48.5 Å². The maximum atomic E-state index is 13.0. The number of benzene rings is 2. The number of nitrogens with zero attached hydrogens (tertiary/aromatic N) is 3. The minimum Gasteiger partial charge on any atom is -0.497 e. The molecule has 32 heavy (non-hydrogen) atoms. The summed E-state index contributed by atoms with van der Waals surface area (Å²) in [7, 11) is 1.78. The number of thiazole rings is 1. The molecule has 0 saturated heterocycles. The van der Waals surface area contributed by atoms with Crippen LogP contribution in [-0.2, 0) is 23.0 Å². The van der Waals surface area contributed by atoms with Crippen molar-refractivity contribution in [1.29, 1.82) is 0 Å². The Morgan fingerprint density at radius 2 is 1.81 bits per heavy atom. The van der Waals surface area contributed by atoms with Crippen molar-refractivity contribution in [2.24, 2.45) is 0 Å². The normalized spacial score (nSPS) is 14.0. The number of anilines is 2. The van der Waals surface area contributed by atoms with Crippen molar-refractivity contribution in [2.75, 3.05) is 38.0 Å². The molecule has 10 heteroatoms. The number of methoxy groups -OCH3 is 1. The summed E-state index contributed by atoms with van der Waals surface area (Å²) >= 11 is 1.31. The summed E-state index contributed by atoms with van der Waals surface area (Å²) in [6.45, 7) is 0.569. The molecular formula is C22H24N4O4S2. The summed E-state index contributed by atoms with van der Waals surface area (Å²) in [5.74, 6) is 0.355. The number of rotatable bonds is 6. The quantitative estimate of drug-likeness (QED) is 0.592. The Hall–Kier alpha value is -2.95. The van der Waals surface area contributed by atoms with E-state index < -0.39 is 10.0 Å². The van der Waals surface area contributed by atoms with Crippen LogP contribution in [0.2, 0.25) is 0 Å². The van der Waals surface area contributed by atoms with E-state index in [9.17, 15) is 13.2 Å². The number of nitrogens with one attached hydrogen (secondary N) is 1. The molecule has 1 aromatic heterocycles. The second-order valence-corrected chi connectivity index (χ2v) is 10.6. The fourth-order valence-corrected chi connectivity index (χ4v) is 5.92. The van der Waals surface area contributed by atoms with Gasteiger partial charge in [0.1, 0.15) is 5.75 Å². The Labute approximate surface area is 191 Å². The lowest BCUT2D eigenvalue weighted by Crippen LogP contribution is -2.35. The van der Waals surface area contributed by atoms with Crippen molar-refractivity contribution in [1.82, 2.24) is 9.29 Å². The molecule has 0 aliphatic carbocycles. The van der Waals surface area contributed by atoms with Crippen LogP contribution in [0.4, 0.5) is 10.8 Å². The Balaban J connectivity index is 1.47. The maximum Gasteiger partial charge on any atom is 0.257 e. The zero-order valence-corrected chi connectivity index (χ0v) is 19.7. The average molecular weight is 473 g/mol. The van der Waals surface area contributed by atoms with E-state index in [2.05, 4.69) is 10.3 Å². The molecular weight excluding hydrogens is 448 g/mol. The number of hydrogen-bond donors (Lipinski definition) is 1. The molecule has 4 rings (SSSR count). The zero-order valence-electron chi connectivity index (χ0n) is 18.0. The summed E-state index contributed by atoms with van der Waals surface area (Å²) < 4.78 is 32.6. The van der Waals surface area contributed by atoms with Gasteiger partial charge in [0.05, 0.1) is 24.2 Å². The van der Waals surface area contributed by atoms with E-state index in [-0.39, 0.29) is 17.3 Å². The van der Waals surface area contributed by atoms with Gasteiger partial charge in [0.15, 0.2) is 5.13 Å². The van der Waals surface area contributed by atoms with E-state index >= 15 is 0 Å². The summed E-state index contributed by atoms with van der Waals surface area (Å²) in [4.78, 5) is 20.1. The van der Waals surface area contributed by atoms with Crippen molar-refractivity contribution in [2.45, 2.75) is 17.9 Å². The number of ether oxygens (including phenoxy) is 1. The van der Waals surface area contributed by atoms with Gasteiger partial charge in [0.25, 0.3) is 5.91 Å². The van der Waals surface area contributed by atoms with Crippen molar-refractivity contribution in [3.8, 4) is 5.75 Å². The molecule has 0 unspecified atom stereocenters. The standard InChI is InChI=1S/C22H24N4O4S2/c1-25(2)16-6-4-15(5-7-16)21(27)24-22-23-19-12-13-26(14-20(19)31-22)32(28,29)18-10-8-17(30-3)9-11-18/h4-11H,12-14H2,1-3H3,(H,23,24,27). The van der Waals surface area contributed by atoms with Crippen LogP contribution in [-0.4, -0.2) is 51.4 Å².